The largest absolute Gasteiger partial charge is 0.376 e. The van der Waals surface area contributed by atoms with Crippen LogP contribution in [0.2, 0.25) is 0 Å². The summed E-state index contributed by atoms with van der Waals surface area (Å²) in [6.45, 7) is 2.78. The number of hydrogen-bond acceptors (Lipinski definition) is 7. The summed E-state index contributed by atoms with van der Waals surface area (Å²) in [4.78, 5) is 29.2. The smallest absolute Gasteiger partial charge is 0.344 e. The van der Waals surface area contributed by atoms with Gasteiger partial charge in [-0.15, -0.1) is 16.4 Å². The summed E-state index contributed by atoms with van der Waals surface area (Å²) in [6, 6.07) is 0. The minimum atomic E-state index is -0.219. The molecule has 0 spiro atoms. The number of amides is 1. The fourth-order valence-electron chi connectivity index (χ4n) is 2.36. The van der Waals surface area contributed by atoms with E-state index in [4.69, 9.17) is 4.74 Å². The second-order valence-electron chi connectivity index (χ2n) is 5.55. The number of ether oxygens (including phenoxy) is 1. The lowest BCUT2D eigenvalue weighted by Crippen LogP contribution is -2.25. The Labute approximate surface area is 147 Å². The van der Waals surface area contributed by atoms with E-state index in [1.54, 1.807) is 11.6 Å². The van der Waals surface area contributed by atoms with E-state index in [-0.39, 0.29) is 17.7 Å². The molecule has 0 aromatic carbocycles. The number of nitrogens with one attached hydrogen (secondary N) is 1. The van der Waals surface area contributed by atoms with Gasteiger partial charge in [0.2, 0.25) is 5.91 Å². The first-order valence-electron chi connectivity index (χ1n) is 7.63. The third kappa shape index (κ3) is 3.87. The van der Waals surface area contributed by atoms with Crippen LogP contribution in [0, 0.1) is 0 Å². The number of anilines is 1. The third-order valence-corrected chi connectivity index (χ3v) is 5.76. The van der Waals surface area contributed by atoms with Gasteiger partial charge < -0.3 is 4.74 Å². The molecule has 0 radical (unpaired) electrons. The molecule has 2 aromatic heterocycles. The first kappa shape index (κ1) is 17.2. The zero-order valence-electron chi connectivity index (χ0n) is 13.5. The average molecular weight is 369 g/mol. The molecular formula is C14H19N5O3S2. The van der Waals surface area contributed by atoms with E-state index in [2.05, 4.69) is 15.2 Å². The molecule has 1 atom stereocenters. The van der Waals surface area contributed by atoms with Gasteiger partial charge in [-0.25, -0.2) is 14.9 Å². The fourth-order valence-corrected chi connectivity index (χ4v) is 4.14. The molecule has 8 nitrogen and oxygen atoms in total. The third-order valence-electron chi connectivity index (χ3n) is 3.78. The number of nitrogens with zero attached hydrogens (tertiary/aromatic N) is 4. The summed E-state index contributed by atoms with van der Waals surface area (Å²) >= 11 is 2.86. The van der Waals surface area contributed by atoms with Gasteiger partial charge in [0, 0.05) is 31.7 Å². The normalized spacial score (nSPS) is 17.3. The number of carbonyl (C=O) groups is 1. The Hall–Kier alpha value is -1.65. The minimum Gasteiger partial charge on any atom is -0.376 e. The zero-order chi connectivity index (χ0) is 17.1. The first-order chi connectivity index (χ1) is 11.5. The summed E-state index contributed by atoms with van der Waals surface area (Å²) in [6.07, 6.45) is 2.08. The molecular weight excluding hydrogens is 350 g/mol. The molecule has 0 saturated carbocycles. The molecule has 1 saturated heterocycles. The van der Waals surface area contributed by atoms with Crippen molar-refractivity contribution >= 4 is 34.1 Å². The van der Waals surface area contributed by atoms with Gasteiger partial charge in [0.25, 0.3) is 0 Å². The maximum absolute atomic E-state index is 11.9. The van der Waals surface area contributed by atoms with Crippen LogP contribution >= 0.6 is 23.1 Å². The molecule has 2 aromatic rings. The van der Waals surface area contributed by atoms with Crippen LogP contribution in [0.3, 0.4) is 0 Å². The van der Waals surface area contributed by atoms with Crippen molar-refractivity contribution in [1.82, 2.24) is 19.7 Å². The van der Waals surface area contributed by atoms with Crippen LogP contribution in [0.5, 0.6) is 0 Å². The zero-order valence-corrected chi connectivity index (χ0v) is 15.2. The standard InChI is InChI=1S/C14H19N5O3S2/c1-9(20)18(2)13-15-10(7-23-13)8-24-14-17-16-12(21)19(14)6-11-4-3-5-22-11/h7,11H,3-6,8H2,1-2H3,(H,16,21)/t11-/m1/s1. The van der Waals surface area contributed by atoms with E-state index >= 15 is 0 Å². The fraction of sp³-hybridized carbons (Fsp3) is 0.571. The molecule has 1 aliphatic heterocycles. The lowest BCUT2D eigenvalue weighted by Gasteiger charge is -2.10. The van der Waals surface area contributed by atoms with E-state index in [1.165, 1.54) is 34.9 Å². The van der Waals surface area contributed by atoms with Crippen molar-refractivity contribution in [3.05, 3.63) is 21.6 Å². The van der Waals surface area contributed by atoms with Gasteiger partial charge in [-0.05, 0) is 12.8 Å². The summed E-state index contributed by atoms with van der Waals surface area (Å²) < 4.78 is 7.21. The van der Waals surface area contributed by atoms with Crippen molar-refractivity contribution in [2.75, 3.05) is 18.6 Å². The molecule has 1 N–H and O–H groups in total. The number of thioether (sulfide) groups is 1. The maximum atomic E-state index is 11.9. The molecule has 130 valence electrons. The highest BCUT2D eigenvalue weighted by molar-refractivity contribution is 7.98. The van der Waals surface area contributed by atoms with Gasteiger partial charge in [-0.2, -0.15) is 0 Å². The highest BCUT2D eigenvalue weighted by Gasteiger charge is 2.20. The van der Waals surface area contributed by atoms with Gasteiger partial charge >= 0.3 is 5.69 Å². The predicted octanol–water partition coefficient (Wildman–Crippen LogP) is 1.48. The molecule has 0 aliphatic carbocycles. The quantitative estimate of drug-likeness (QED) is 0.776. The second kappa shape index (κ2) is 7.49. The van der Waals surface area contributed by atoms with Crippen molar-refractivity contribution in [2.24, 2.45) is 0 Å². The molecule has 3 rings (SSSR count). The van der Waals surface area contributed by atoms with Crippen molar-refractivity contribution in [3.8, 4) is 0 Å². The SMILES string of the molecule is CC(=O)N(C)c1nc(CSc2n[nH]c(=O)n2C[C@H]2CCCO2)cs1. The molecule has 1 fully saturated rings. The number of aromatic nitrogens is 4. The van der Waals surface area contributed by atoms with Crippen molar-refractivity contribution in [1.29, 1.82) is 0 Å². The summed E-state index contributed by atoms with van der Waals surface area (Å²) in [7, 11) is 1.70. The lowest BCUT2D eigenvalue weighted by molar-refractivity contribution is -0.116. The van der Waals surface area contributed by atoms with Gasteiger partial charge in [-0.1, -0.05) is 11.8 Å². The summed E-state index contributed by atoms with van der Waals surface area (Å²) in [5.41, 5.74) is 0.635. The Bertz CT molecular complexity index is 763. The Morgan fingerprint density at radius 3 is 3.17 bits per heavy atom. The van der Waals surface area contributed by atoms with Crippen LogP contribution in [-0.4, -0.2) is 45.4 Å². The first-order valence-corrected chi connectivity index (χ1v) is 9.49. The monoisotopic (exact) mass is 369 g/mol. The number of carbonyl (C=O) groups excluding carboxylic acids is 1. The van der Waals surface area contributed by atoms with Crippen LogP contribution in [0.1, 0.15) is 25.5 Å². The molecule has 1 amide bonds. The average Bonchev–Trinajstić information content (AvgIpc) is 3.29. The van der Waals surface area contributed by atoms with Crippen molar-refractivity contribution < 1.29 is 9.53 Å². The van der Waals surface area contributed by atoms with Gasteiger partial charge in [0.1, 0.15) is 0 Å². The Balaban J connectivity index is 1.64. The molecule has 0 bridgehead atoms. The van der Waals surface area contributed by atoms with Crippen LogP contribution in [-0.2, 0) is 21.8 Å². The maximum Gasteiger partial charge on any atom is 0.344 e. The summed E-state index contributed by atoms with van der Waals surface area (Å²) in [5, 5.41) is 9.79. The van der Waals surface area contributed by atoms with Crippen LogP contribution < -0.4 is 10.6 Å². The highest BCUT2D eigenvalue weighted by Crippen LogP contribution is 2.25. The molecule has 3 heterocycles. The number of thiazole rings is 1. The van der Waals surface area contributed by atoms with E-state index in [1.807, 2.05) is 5.38 Å². The molecule has 0 unspecified atom stereocenters. The number of aromatic amines is 1. The van der Waals surface area contributed by atoms with Crippen LogP contribution in [0.15, 0.2) is 15.3 Å². The van der Waals surface area contributed by atoms with Gasteiger partial charge in [0.05, 0.1) is 18.3 Å². The molecule has 24 heavy (non-hydrogen) atoms. The lowest BCUT2D eigenvalue weighted by atomic mass is 10.2. The van der Waals surface area contributed by atoms with Crippen LogP contribution in [0.25, 0.3) is 0 Å². The molecule has 1 aliphatic rings. The van der Waals surface area contributed by atoms with E-state index in [9.17, 15) is 9.59 Å². The van der Waals surface area contributed by atoms with Crippen molar-refractivity contribution in [2.45, 2.75) is 43.3 Å². The van der Waals surface area contributed by atoms with E-state index in [0.717, 1.165) is 25.1 Å². The Kier molecular flexibility index (Phi) is 5.36. The van der Waals surface area contributed by atoms with Gasteiger partial charge in [0.15, 0.2) is 10.3 Å². The topological polar surface area (TPSA) is 93.1 Å². The minimum absolute atomic E-state index is 0.0544. The second-order valence-corrected chi connectivity index (χ2v) is 7.32. The Morgan fingerprint density at radius 2 is 2.46 bits per heavy atom. The van der Waals surface area contributed by atoms with Crippen LogP contribution in [0.4, 0.5) is 5.13 Å². The molecule has 10 heteroatoms. The van der Waals surface area contributed by atoms with E-state index < -0.39 is 0 Å². The number of H-pyrrole nitrogens is 1. The number of rotatable bonds is 6. The van der Waals surface area contributed by atoms with E-state index in [0.29, 0.717) is 22.6 Å². The summed E-state index contributed by atoms with van der Waals surface area (Å²) in [5.74, 6) is 0.527. The van der Waals surface area contributed by atoms with Crippen molar-refractivity contribution in [3.63, 3.8) is 0 Å². The highest BCUT2D eigenvalue weighted by atomic mass is 32.2. The van der Waals surface area contributed by atoms with Gasteiger partial charge in [-0.3, -0.25) is 14.3 Å². The number of hydrogen-bond donors (Lipinski definition) is 1. The Morgan fingerprint density at radius 1 is 1.62 bits per heavy atom. The predicted molar refractivity (Wildman–Crippen MR) is 92.6 cm³/mol.